The Hall–Kier alpha value is -1.26. The zero-order valence-electron chi connectivity index (χ0n) is 8.98. The summed E-state index contributed by atoms with van der Waals surface area (Å²) in [6.45, 7) is 2.73. The molecule has 1 N–H and O–H groups in total. The van der Waals surface area contributed by atoms with Crippen molar-refractivity contribution in [2.75, 3.05) is 0 Å². The molecule has 0 aliphatic heterocycles. The van der Waals surface area contributed by atoms with Gasteiger partial charge in [-0.15, -0.1) is 11.3 Å². The van der Waals surface area contributed by atoms with Crippen LogP contribution in [0.5, 0.6) is 0 Å². The summed E-state index contributed by atoms with van der Waals surface area (Å²) in [4.78, 5) is 4.18. The minimum absolute atomic E-state index is 0.125. The summed E-state index contributed by atoms with van der Waals surface area (Å²) < 4.78 is 13.0. The van der Waals surface area contributed by atoms with E-state index in [1.807, 2.05) is 18.4 Å². The SMILES string of the molecule is C[C@H](NCc1nccs1)c1cccc(F)c1. The lowest BCUT2D eigenvalue weighted by atomic mass is 10.1. The standard InChI is InChI=1S/C12H13FN2S/c1-9(10-3-2-4-11(13)7-10)15-8-12-14-5-6-16-12/h2-7,9,15H,8H2,1H3/t9-/m0/s1. The van der Waals surface area contributed by atoms with Crippen molar-refractivity contribution in [3.63, 3.8) is 0 Å². The highest BCUT2D eigenvalue weighted by atomic mass is 32.1. The van der Waals surface area contributed by atoms with Crippen LogP contribution >= 0.6 is 11.3 Å². The number of benzene rings is 1. The van der Waals surface area contributed by atoms with Gasteiger partial charge in [0.15, 0.2) is 0 Å². The maximum absolute atomic E-state index is 13.0. The van der Waals surface area contributed by atoms with E-state index in [-0.39, 0.29) is 11.9 Å². The average molecular weight is 236 g/mol. The van der Waals surface area contributed by atoms with Crippen LogP contribution in [0.3, 0.4) is 0 Å². The average Bonchev–Trinajstić information content (AvgIpc) is 2.78. The lowest BCUT2D eigenvalue weighted by molar-refractivity contribution is 0.564. The van der Waals surface area contributed by atoms with Crippen molar-refractivity contribution >= 4 is 11.3 Å². The van der Waals surface area contributed by atoms with Gasteiger partial charge in [0.25, 0.3) is 0 Å². The van der Waals surface area contributed by atoms with Gasteiger partial charge in [-0.2, -0.15) is 0 Å². The normalized spacial score (nSPS) is 12.6. The van der Waals surface area contributed by atoms with Gasteiger partial charge in [-0.1, -0.05) is 12.1 Å². The van der Waals surface area contributed by atoms with E-state index in [1.165, 1.54) is 6.07 Å². The molecule has 2 aromatic rings. The van der Waals surface area contributed by atoms with E-state index >= 15 is 0 Å². The molecule has 0 aliphatic rings. The molecule has 0 amide bonds. The van der Waals surface area contributed by atoms with E-state index < -0.39 is 0 Å². The third-order valence-electron chi connectivity index (χ3n) is 2.39. The summed E-state index contributed by atoms with van der Waals surface area (Å²) in [5, 5.41) is 6.30. The summed E-state index contributed by atoms with van der Waals surface area (Å²) >= 11 is 1.62. The topological polar surface area (TPSA) is 24.9 Å². The summed E-state index contributed by atoms with van der Waals surface area (Å²) in [6.07, 6.45) is 1.79. The maximum Gasteiger partial charge on any atom is 0.123 e. The van der Waals surface area contributed by atoms with Crippen molar-refractivity contribution in [2.45, 2.75) is 19.5 Å². The second-order valence-corrected chi connectivity index (χ2v) is 4.56. The van der Waals surface area contributed by atoms with Crippen LogP contribution in [0.1, 0.15) is 23.5 Å². The molecule has 0 fully saturated rings. The Bertz CT molecular complexity index is 442. The molecule has 16 heavy (non-hydrogen) atoms. The van der Waals surface area contributed by atoms with Gasteiger partial charge in [-0.05, 0) is 24.6 Å². The molecule has 0 saturated carbocycles. The van der Waals surface area contributed by atoms with Gasteiger partial charge in [-0.3, -0.25) is 0 Å². The van der Waals surface area contributed by atoms with Crippen LogP contribution in [0, 0.1) is 5.82 Å². The number of nitrogens with zero attached hydrogens (tertiary/aromatic N) is 1. The largest absolute Gasteiger partial charge is 0.304 e. The third kappa shape index (κ3) is 2.87. The Morgan fingerprint density at radius 1 is 1.50 bits per heavy atom. The number of aromatic nitrogens is 1. The van der Waals surface area contributed by atoms with E-state index in [9.17, 15) is 4.39 Å². The molecule has 2 rings (SSSR count). The highest BCUT2D eigenvalue weighted by Crippen LogP contribution is 2.14. The Kier molecular flexibility index (Phi) is 3.64. The molecule has 0 radical (unpaired) electrons. The number of thiazole rings is 1. The van der Waals surface area contributed by atoms with Crippen LogP contribution < -0.4 is 5.32 Å². The Morgan fingerprint density at radius 2 is 2.38 bits per heavy atom. The van der Waals surface area contributed by atoms with Gasteiger partial charge in [0, 0.05) is 24.2 Å². The second kappa shape index (κ2) is 5.18. The number of hydrogen-bond acceptors (Lipinski definition) is 3. The summed E-state index contributed by atoms with van der Waals surface area (Å²) in [5.41, 5.74) is 0.955. The number of rotatable bonds is 4. The van der Waals surface area contributed by atoms with E-state index in [0.29, 0.717) is 0 Å². The van der Waals surface area contributed by atoms with Gasteiger partial charge in [0.2, 0.25) is 0 Å². The first-order valence-electron chi connectivity index (χ1n) is 5.13. The fraction of sp³-hybridized carbons (Fsp3) is 0.250. The minimum atomic E-state index is -0.194. The van der Waals surface area contributed by atoms with Crippen molar-refractivity contribution in [3.8, 4) is 0 Å². The third-order valence-corrected chi connectivity index (χ3v) is 3.17. The van der Waals surface area contributed by atoms with Gasteiger partial charge in [0.05, 0.1) is 0 Å². The zero-order chi connectivity index (χ0) is 11.4. The smallest absolute Gasteiger partial charge is 0.123 e. The van der Waals surface area contributed by atoms with Crippen LogP contribution in [0.25, 0.3) is 0 Å². The molecule has 0 aliphatic carbocycles. The molecule has 0 spiro atoms. The van der Waals surface area contributed by atoms with Crippen molar-refractivity contribution in [1.29, 1.82) is 0 Å². The number of hydrogen-bond donors (Lipinski definition) is 1. The van der Waals surface area contributed by atoms with Crippen LogP contribution in [-0.2, 0) is 6.54 Å². The van der Waals surface area contributed by atoms with Gasteiger partial charge in [0.1, 0.15) is 10.8 Å². The van der Waals surface area contributed by atoms with Crippen LogP contribution in [0.4, 0.5) is 4.39 Å². The second-order valence-electron chi connectivity index (χ2n) is 3.58. The zero-order valence-corrected chi connectivity index (χ0v) is 9.80. The maximum atomic E-state index is 13.0. The minimum Gasteiger partial charge on any atom is -0.304 e. The quantitative estimate of drug-likeness (QED) is 0.882. The van der Waals surface area contributed by atoms with E-state index in [2.05, 4.69) is 10.3 Å². The van der Waals surface area contributed by atoms with E-state index in [0.717, 1.165) is 17.1 Å². The van der Waals surface area contributed by atoms with Gasteiger partial charge in [-0.25, -0.2) is 9.37 Å². The van der Waals surface area contributed by atoms with Crippen LogP contribution in [0.2, 0.25) is 0 Å². The summed E-state index contributed by atoms with van der Waals surface area (Å²) in [6, 6.07) is 6.78. The Morgan fingerprint density at radius 3 is 3.06 bits per heavy atom. The molecule has 84 valence electrons. The van der Waals surface area contributed by atoms with Gasteiger partial charge < -0.3 is 5.32 Å². The molecule has 0 saturated heterocycles. The van der Waals surface area contributed by atoms with Crippen molar-refractivity contribution in [3.05, 3.63) is 52.2 Å². The first-order chi connectivity index (χ1) is 7.75. The fourth-order valence-electron chi connectivity index (χ4n) is 1.47. The first-order valence-corrected chi connectivity index (χ1v) is 6.01. The van der Waals surface area contributed by atoms with Crippen LogP contribution in [0.15, 0.2) is 35.8 Å². The molecule has 2 nitrogen and oxygen atoms in total. The highest BCUT2D eigenvalue weighted by Gasteiger charge is 2.06. The Labute approximate surface area is 98.2 Å². The predicted octanol–water partition coefficient (Wildman–Crippen LogP) is 3.13. The van der Waals surface area contributed by atoms with Crippen molar-refractivity contribution in [2.24, 2.45) is 0 Å². The lowest BCUT2D eigenvalue weighted by Crippen LogP contribution is -2.17. The molecule has 4 heteroatoms. The van der Waals surface area contributed by atoms with E-state index in [4.69, 9.17) is 0 Å². The molecular formula is C12H13FN2S. The first kappa shape index (κ1) is 11.2. The van der Waals surface area contributed by atoms with Crippen molar-refractivity contribution < 1.29 is 4.39 Å². The number of halogens is 1. The monoisotopic (exact) mass is 236 g/mol. The molecule has 1 aromatic carbocycles. The fourth-order valence-corrected chi connectivity index (χ4v) is 2.04. The predicted molar refractivity (Wildman–Crippen MR) is 63.8 cm³/mol. The molecule has 1 heterocycles. The molecule has 1 atom stereocenters. The molecule has 0 unspecified atom stereocenters. The molecule has 0 bridgehead atoms. The summed E-state index contributed by atoms with van der Waals surface area (Å²) in [5.74, 6) is -0.194. The lowest BCUT2D eigenvalue weighted by Gasteiger charge is -2.13. The molecular weight excluding hydrogens is 223 g/mol. The van der Waals surface area contributed by atoms with E-state index in [1.54, 1.807) is 29.7 Å². The van der Waals surface area contributed by atoms with Gasteiger partial charge >= 0.3 is 0 Å². The van der Waals surface area contributed by atoms with Crippen LogP contribution in [-0.4, -0.2) is 4.98 Å². The van der Waals surface area contributed by atoms with Crippen molar-refractivity contribution in [1.82, 2.24) is 10.3 Å². The Balaban J connectivity index is 1.95. The number of nitrogens with one attached hydrogen (secondary N) is 1. The highest BCUT2D eigenvalue weighted by molar-refractivity contribution is 7.09. The molecule has 1 aromatic heterocycles. The summed E-state index contributed by atoms with van der Waals surface area (Å²) in [7, 11) is 0.